The molecule has 148 valence electrons. The summed E-state index contributed by atoms with van der Waals surface area (Å²) in [7, 11) is 1.89. The number of hydrogen-bond acceptors (Lipinski definition) is 4. The zero-order valence-electron chi connectivity index (χ0n) is 16.6. The summed E-state index contributed by atoms with van der Waals surface area (Å²) in [6.07, 6.45) is 4.04. The third-order valence-corrected chi connectivity index (χ3v) is 6.32. The average molecular weight is 491 g/mol. The van der Waals surface area contributed by atoms with Gasteiger partial charge in [-0.2, -0.15) is 0 Å². The van der Waals surface area contributed by atoms with Crippen molar-refractivity contribution in [3.05, 3.63) is 15.6 Å². The van der Waals surface area contributed by atoms with Crippen LogP contribution in [0, 0.1) is 12.8 Å². The summed E-state index contributed by atoms with van der Waals surface area (Å²) in [6, 6.07) is 0. The van der Waals surface area contributed by atoms with Gasteiger partial charge in [-0.05, 0) is 51.1 Å². The summed E-state index contributed by atoms with van der Waals surface area (Å²) in [6.45, 7) is 13.5. The van der Waals surface area contributed by atoms with E-state index < -0.39 is 0 Å². The molecule has 0 saturated carbocycles. The van der Waals surface area contributed by atoms with Crippen molar-refractivity contribution in [3.63, 3.8) is 0 Å². The number of hydrogen-bond donors (Lipinski definition) is 1. The van der Waals surface area contributed by atoms with Crippen molar-refractivity contribution in [1.29, 1.82) is 0 Å². The third kappa shape index (κ3) is 5.55. The molecule has 0 aliphatic carbocycles. The number of aryl methyl sites for hydroxylation is 1. The predicted molar refractivity (Wildman–Crippen MR) is 122 cm³/mol. The number of nitrogens with one attached hydrogen (secondary N) is 1. The summed E-state index contributed by atoms with van der Waals surface area (Å²) in [4.78, 5) is 15.7. The molecule has 1 N–H and O–H groups in total. The van der Waals surface area contributed by atoms with E-state index in [9.17, 15) is 0 Å². The molecule has 3 rings (SSSR count). The minimum atomic E-state index is 0. The number of halogens is 1. The van der Waals surface area contributed by atoms with Gasteiger partial charge in [0.15, 0.2) is 5.96 Å². The van der Waals surface area contributed by atoms with Crippen molar-refractivity contribution in [2.75, 3.05) is 39.8 Å². The number of rotatable bonds is 5. The molecule has 1 atom stereocenters. The zero-order valence-corrected chi connectivity index (χ0v) is 19.8. The lowest BCUT2D eigenvalue weighted by Gasteiger charge is -2.23. The molecular weight excluding hydrogens is 457 g/mol. The van der Waals surface area contributed by atoms with Gasteiger partial charge in [0, 0.05) is 31.6 Å². The Morgan fingerprint density at radius 3 is 2.65 bits per heavy atom. The van der Waals surface area contributed by atoms with Crippen LogP contribution in [0.1, 0.15) is 54.6 Å². The molecule has 1 aromatic rings. The summed E-state index contributed by atoms with van der Waals surface area (Å²) in [5.74, 6) is 2.31. The number of thiazole rings is 1. The van der Waals surface area contributed by atoms with Gasteiger partial charge in [-0.3, -0.25) is 4.99 Å². The molecule has 0 radical (unpaired) electrons. The van der Waals surface area contributed by atoms with E-state index in [4.69, 9.17) is 4.98 Å². The molecule has 3 heterocycles. The van der Waals surface area contributed by atoms with Crippen LogP contribution < -0.4 is 5.32 Å². The van der Waals surface area contributed by atoms with Gasteiger partial charge >= 0.3 is 0 Å². The summed E-state index contributed by atoms with van der Waals surface area (Å²) in [5.41, 5.74) is 1.24. The first-order chi connectivity index (χ1) is 12.1. The average Bonchev–Trinajstić information content (AvgIpc) is 3.30. The van der Waals surface area contributed by atoms with Crippen LogP contribution in [0.5, 0.6) is 0 Å². The van der Waals surface area contributed by atoms with E-state index in [1.165, 1.54) is 49.5 Å². The fourth-order valence-electron chi connectivity index (χ4n) is 4.07. The van der Waals surface area contributed by atoms with E-state index in [1.54, 1.807) is 11.3 Å². The Morgan fingerprint density at radius 1 is 1.31 bits per heavy atom. The van der Waals surface area contributed by atoms with Crippen molar-refractivity contribution in [2.24, 2.45) is 10.9 Å². The molecule has 26 heavy (non-hydrogen) atoms. The maximum atomic E-state index is 4.80. The van der Waals surface area contributed by atoms with E-state index in [0.717, 1.165) is 36.5 Å². The van der Waals surface area contributed by atoms with Gasteiger partial charge in [-0.15, -0.1) is 35.3 Å². The number of aliphatic imine (C=N–C) groups is 1. The Balaban J connectivity index is 0.00000243. The lowest BCUT2D eigenvalue weighted by Crippen LogP contribution is -2.40. The highest BCUT2D eigenvalue weighted by molar-refractivity contribution is 14.0. The molecule has 1 aromatic heterocycles. The van der Waals surface area contributed by atoms with Gasteiger partial charge in [0.2, 0.25) is 0 Å². The van der Waals surface area contributed by atoms with Crippen molar-refractivity contribution in [2.45, 2.75) is 52.5 Å². The highest BCUT2D eigenvalue weighted by Gasteiger charge is 2.27. The zero-order chi connectivity index (χ0) is 17.8. The highest BCUT2D eigenvalue weighted by atomic mass is 127. The SMILES string of the molecule is CN=C(NCc1nc(C(C)C)c(C)s1)N1CCC(CN2CCCC2)C1.I. The lowest BCUT2D eigenvalue weighted by molar-refractivity contribution is 0.281. The molecule has 2 fully saturated rings. The van der Waals surface area contributed by atoms with Crippen molar-refractivity contribution >= 4 is 41.3 Å². The first-order valence-electron chi connectivity index (χ1n) is 9.71. The van der Waals surface area contributed by atoms with Gasteiger partial charge in [0.1, 0.15) is 5.01 Å². The Kier molecular flexibility index (Phi) is 8.60. The molecule has 1 unspecified atom stereocenters. The van der Waals surface area contributed by atoms with Crippen molar-refractivity contribution in [1.82, 2.24) is 20.1 Å². The van der Waals surface area contributed by atoms with Crippen LogP contribution in [0.15, 0.2) is 4.99 Å². The Labute approximate surface area is 179 Å². The third-order valence-electron chi connectivity index (χ3n) is 5.33. The van der Waals surface area contributed by atoms with E-state index in [1.807, 2.05) is 7.05 Å². The molecule has 2 saturated heterocycles. The molecular formula is C19H34IN5S. The van der Waals surface area contributed by atoms with E-state index in [0.29, 0.717) is 5.92 Å². The Bertz CT molecular complexity index is 595. The van der Waals surface area contributed by atoms with Crippen LogP contribution in [-0.2, 0) is 6.54 Å². The van der Waals surface area contributed by atoms with Gasteiger partial charge in [0.25, 0.3) is 0 Å². The number of likely N-dealkylation sites (tertiary alicyclic amines) is 2. The second-order valence-electron chi connectivity index (χ2n) is 7.71. The number of guanidine groups is 1. The van der Waals surface area contributed by atoms with E-state index in [-0.39, 0.29) is 24.0 Å². The van der Waals surface area contributed by atoms with Gasteiger partial charge in [-0.25, -0.2) is 4.98 Å². The molecule has 2 aliphatic heterocycles. The van der Waals surface area contributed by atoms with Crippen LogP contribution in [0.4, 0.5) is 0 Å². The smallest absolute Gasteiger partial charge is 0.194 e. The fraction of sp³-hybridized carbons (Fsp3) is 0.789. The molecule has 7 heteroatoms. The molecule has 0 spiro atoms. The van der Waals surface area contributed by atoms with Crippen LogP contribution in [0.25, 0.3) is 0 Å². The number of nitrogens with zero attached hydrogens (tertiary/aromatic N) is 4. The largest absolute Gasteiger partial charge is 0.350 e. The van der Waals surface area contributed by atoms with Gasteiger partial charge in [-0.1, -0.05) is 13.8 Å². The Hall–Kier alpha value is -0.410. The molecule has 2 aliphatic rings. The second kappa shape index (κ2) is 10.2. The second-order valence-corrected chi connectivity index (χ2v) is 9.00. The number of aromatic nitrogens is 1. The minimum absolute atomic E-state index is 0. The monoisotopic (exact) mass is 491 g/mol. The van der Waals surface area contributed by atoms with Crippen LogP contribution in [-0.4, -0.2) is 60.5 Å². The fourth-order valence-corrected chi connectivity index (χ4v) is 5.10. The molecule has 0 aromatic carbocycles. The lowest BCUT2D eigenvalue weighted by atomic mass is 10.1. The quantitative estimate of drug-likeness (QED) is 0.388. The Morgan fingerprint density at radius 2 is 2.04 bits per heavy atom. The maximum absolute atomic E-state index is 4.80. The molecule has 0 amide bonds. The first kappa shape index (κ1) is 21.9. The van der Waals surface area contributed by atoms with Crippen LogP contribution in [0.3, 0.4) is 0 Å². The minimum Gasteiger partial charge on any atom is -0.350 e. The van der Waals surface area contributed by atoms with Crippen LogP contribution in [0.2, 0.25) is 0 Å². The normalized spacial score (nSPS) is 21.5. The first-order valence-corrected chi connectivity index (χ1v) is 10.5. The van der Waals surface area contributed by atoms with E-state index >= 15 is 0 Å². The van der Waals surface area contributed by atoms with Gasteiger partial charge < -0.3 is 15.1 Å². The van der Waals surface area contributed by atoms with E-state index in [2.05, 4.69) is 40.9 Å². The van der Waals surface area contributed by atoms with Crippen molar-refractivity contribution in [3.8, 4) is 0 Å². The van der Waals surface area contributed by atoms with Crippen LogP contribution >= 0.6 is 35.3 Å². The topological polar surface area (TPSA) is 43.8 Å². The predicted octanol–water partition coefficient (Wildman–Crippen LogP) is 3.69. The van der Waals surface area contributed by atoms with Crippen molar-refractivity contribution < 1.29 is 0 Å². The van der Waals surface area contributed by atoms with Gasteiger partial charge in [0.05, 0.1) is 12.2 Å². The molecule has 0 bridgehead atoms. The molecule has 5 nitrogen and oxygen atoms in total. The summed E-state index contributed by atoms with van der Waals surface area (Å²) < 4.78 is 0. The maximum Gasteiger partial charge on any atom is 0.194 e. The summed E-state index contributed by atoms with van der Waals surface area (Å²) in [5, 5.41) is 4.69. The summed E-state index contributed by atoms with van der Waals surface area (Å²) >= 11 is 1.81. The standard InChI is InChI=1S/C19H33N5S.HI/c1-14(2)18-15(3)25-17(22-18)11-21-19(20-4)24-10-7-16(13-24)12-23-8-5-6-9-23;/h14,16H,5-13H2,1-4H3,(H,20,21);1H. The highest BCUT2D eigenvalue weighted by Crippen LogP contribution is 2.24.